The lowest BCUT2D eigenvalue weighted by atomic mass is 10.0. The van der Waals surface area contributed by atoms with Crippen molar-refractivity contribution in [3.05, 3.63) is 77.0 Å². The summed E-state index contributed by atoms with van der Waals surface area (Å²) in [6.45, 7) is 7.85. The number of fused-ring (bicyclic) bond motifs is 2. The standard InChI is InChI=1S/C39H45N9O8/c1-24(2)28-22-42-48-34(28)44-39(45-38(48)41-21-25-7-4-3-5-8-25)56-26-13-16-46(17-14-26)18-20-54-19-15-40-32(50)23-55-30-10-6-9-27-33(30)37(53)47(36(27)52)29-11-12-31(49)43-35(29)51/h3-10,22,24,26,29H,11-21,23H2,1-2H3,(H,40,50)(H,41,44,45)(H,43,49,51). The van der Waals surface area contributed by atoms with Crippen LogP contribution >= 0.6 is 0 Å². The first-order valence-electron chi connectivity index (χ1n) is 18.9. The Kier molecular flexibility index (Phi) is 11.8. The van der Waals surface area contributed by atoms with E-state index in [1.807, 2.05) is 24.4 Å². The lowest BCUT2D eigenvalue weighted by Crippen LogP contribution is -2.54. The summed E-state index contributed by atoms with van der Waals surface area (Å²) in [4.78, 5) is 75.3. The average molecular weight is 768 g/mol. The van der Waals surface area contributed by atoms with Gasteiger partial charge in [-0.2, -0.15) is 19.6 Å². The second-order valence-corrected chi connectivity index (χ2v) is 14.2. The lowest BCUT2D eigenvalue weighted by molar-refractivity contribution is -0.136. The van der Waals surface area contributed by atoms with Crippen molar-refractivity contribution < 1.29 is 38.2 Å². The number of likely N-dealkylation sites (tertiary alicyclic amines) is 1. The largest absolute Gasteiger partial charge is 0.483 e. The second kappa shape index (κ2) is 17.2. The van der Waals surface area contributed by atoms with Crippen LogP contribution in [0.3, 0.4) is 0 Å². The fourth-order valence-electron chi connectivity index (χ4n) is 6.98. The van der Waals surface area contributed by atoms with Gasteiger partial charge in [0.15, 0.2) is 12.3 Å². The van der Waals surface area contributed by atoms with Crippen molar-refractivity contribution in [3.63, 3.8) is 0 Å². The number of amides is 5. The maximum Gasteiger partial charge on any atom is 0.322 e. The third-order valence-corrected chi connectivity index (χ3v) is 10.0. The van der Waals surface area contributed by atoms with Gasteiger partial charge in [-0.25, -0.2) is 0 Å². The van der Waals surface area contributed by atoms with Gasteiger partial charge in [0.25, 0.3) is 17.7 Å². The minimum Gasteiger partial charge on any atom is -0.483 e. The van der Waals surface area contributed by atoms with Gasteiger partial charge in [-0.05, 0) is 42.9 Å². The monoisotopic (exact) mass is 767 g/mol. The maximum atomic E-state index is 13.2. The topological polar surface area (TPSA) is 199 Å². The quantitative estimate of drug-likeness (QED) is 0.111. The zero-order valence-electron chi connectivity index (χ0n) is 31.4. The number of nitrogens with one attached hydrogen (secondary N) is 3. The Hall–Kier alpha value is -5.94. The van der Waals surface area contributed by atoms with Crippen LogP contribution in [0.15, 0.2) is 54.7 Å². The van der Waals surface area contributed by atoms with Crippen LogP contribution in [-0.2, 0) is 25.7 Å². The van der Waals surface area contributed by atoms with Crippen molar-refractivity contribution in [1.29, 1.82) is 0 Å². The molecule has 7 rings (SSSR count). The number of aromatic nitrogens is 4. The number of hydrogen-bond donors (Lipinski definition) is 3. The van der Waals surface area contributed by atoms with E-state index in [2.05, 4.69) is 51.9 Å². The van der Waals surface area contributed by atoms with E-state index < -0.39 is 35.6 Å². The Labute approximate surface area is 323 Å². The first kappa shape index (κ1) is 38.3. The van der Waals surface area contributed by atoms with Gasteiger partial charge in [0, 0.05) is 44.7 Å². The average Bonchev–Trinajstić information content (AvgIpc) is 3.74. The van der Waals surface area contributed by atoms with E-state index in [1.54, 1.807) is 4.52 Å². The van der Waals surface area contributed by atoms with Gasteiger partial charge < -0.3 is 29.7 Å². The molecule has 3 aliphatic rings. The van der Waals surface area contributed by atoms with Crippen molar-refractivity contribution in [2.24, 2.45) is 0 Å². The van der Waals surface area contributed by atoms with Crippen LogP contribution in [0.2, 0.25) is 0 Å². The molecule has 5 amide bonds. The normalized spacial score (nSPS) is 17.7. The van der Waals surface area contributed by atoms with E-state index >= 15 is 0 Å². The molecule has 2 aromatic heterocycles. The summed E-state index contributed by atoms with van der Waals surface area (Å²) in [6, 6.07) is 13.8. The minimum absolute atomic E-state index is 0.0143. The highest BCUT2D eigenvalue weighted by Crippen LogP contribution is 2.33. The summed E-state index contributed by atoms with van der Waals surface area (Å²) in [5.41, 5.74) is 2.94. The third kappa shape index (κ3) is 8.63. The number of rotatable bonds is 16. The number of benzene rings is 2. The molecular weight excluding hydrogens is 722 g/mol. The smallest absolute Gasteiger partial charge is 0.322 e. The van der Waals surface area contributed by atoms with Crippen molar-refractivity contribution >= 4 is 41.1 Å². The number of anilines is 1. The van der Waals surface area contributed by atoms with Crippen LogP contribution in [0.4, 0.5) is 5.95 Å². The Bertz CT molecular complexity index is 2100. The molecule has 0 spiro atoms. The molecule has 0 radical (unpaired) electrons. The minimum atomic E-state index is -1.09. The first-order chi connectivity index (χ1) is 27.2. The predicted molar refractivity (Wildman–Crippen MR) is 201 cm³/mol. The molecule has 56 heavy (non-hydrogen) atoms. The van der Waals surface area contributed by atoms with Crippen LogP contribution in [0.5, 0.6) is 11.8 Å². The van der Waals surface area contributed by atoms with Crippen LogP contribution in [0.1, 0.15) is 77.3 Å². The van der Waals surface area contributed by atoms with Crippen molar-refractivity contribution in [2.75, 3.05) is 51.3 Å². The number of imide groups is 2. The second-order valence-electron chi connectivity index (χ2n) is 14.2. The summed E-state index contributed by atoms with van der Waals surface area (Å²) in [5.74, 6) is -2.07. The molecule has 3 aliphatic heterocycles. The SMILES string of the molecule is CC(C)c1cnn2c(NCc3ccccc3)nc(OC3CCN(CCOCCNC(=O)COc4cccc5c4C(=O)N(C4CCC(=O)NC4=O)C5=O)CC3)nc12. The molecule has 0 bridgehead atoms. The molecule has 3 N–H and O–H groups in total. The number of nitrogens with zero attached hydrogens (tertiary/aromatic N) is 6. The van der Waals surface area contributed by atoms with Crippen LogP contribution in [-0.4, -0.2) is 117 Å². The molecule has 1 unspecified atom stereocenters. The van der Waals surface area contributed by atoms with Crippen molar-refractivity contribution in [3.8, 4) is 11.8 Å². The predicted octanol–water partition coefficient (Wildman–Crippen LogP) is 2.32. The molecule has 1 atom stereocenters. The Morgan fingerprint density at radius 2 is 1.77 bits per heavy atom. The fourth-order valence-corrected chi connectivity index (χ4v) is 6.98. The highest BCUT2D eigenvalue weighted by atomic mass is 16.5. The summed E-state index contributed by atoms with van der Waals surface area (Å²) in [5, 5.41) is 12.8. The van der Waals surface area contributed by atoms with Gasteiger partial charge in [0.05, 0.1) is 30.5 Å². The molecule has 4 aromatic rings. The molecule has 294 valence electrons. The highest BCUT2D eigenvalue weighted by Gasteiger charge is 2.46. The Morgan fingerprint density at radius 1 is 0.964 bits per heavy atom. The summed E-state index contributed by atoms with van der Waals surface area (Å²) >= 11 is 0. The summed E-state index contributed by atoms with van der Waals surface area (Å²) in [6.07, 6.45) is 3.49. The number of ether oxygens (including phenoxy) is 3. The zero-order chi connectivity index (χ0) is 39.2. The van der Waals surface area contributed by atoms with Gasteiger partial charge in [-0.3, -0.25) is 34.2 Å². The van der Waals surface area contributed by atoms with Gasteiger partial charge in [-0.15, -0.1) is 0 Å². The number of piperidine rings is 2. The summed E-state index contributed by atoms with van der Waals surface area (Å²) < 4.78 is 19.5. The molecule has 0 aliphatic carbocycles. The van der Waals surface area contributed by atoms with E-state index in [4.69, 9.17) is 24.2 Å². The van der Waals surface area contributed by atoms with E-state index in [9.17, 15) is 24.0 Å². The Balaban J connectivity index is 0.812. The number of hydrogen-bond acceptors (Lipinski definition) is 13. The number of carbonyl (C=O) groups is 5. The van der Waals surface area contributed by atoms with E-state index in [0.717, 1.165) is 54.1 Å². The van der Waals surface area contributed by atoms with Crippen molar-refractivity contribution in [1.82, 2.24) is 40.0 Å². The summed E-state index contributed by atoms with van der Waals surface area (Å²) in [7, 11) is 0. The van der Waals surface area contributed by atoms with E-state index in [0.29, 0.717) is 31.7 Å². The van der Waals surface area contributed by atoms with Crippen molar-refractivity contribution in [2.45, 2.75) is 64.1 Å². The molecule has 17 nitrogen and oxygen atoms in total. The lowest BCUT2D eigenvalue weighted by Gasteiger charge is -2.31. The molecule has 2 aromatic carbocycles. The van der Waals surface area contributed by atoms with Gasteiger partial charge in [0.1, 0.15) is 17.9 Å². The van der Waals surface area contributed by atoms with Gasteiger partial charge in [-0.1, -0.05) is 50.2 Å². The van der Waals surface area contributed by atoms with Crippen LogP contribution in [0.25, 0.3) is 5.65 Å². The van der Waals surface area contributed by atoms with Gasteiger partial charge in [0.2, 0.25) is 17.8 Å². The van der Waals surface area contributed by atoms with E-state index in [-0.39, 0.29) is 54.9 Å². The van der Waals surface area contributed by atoms with Crippen LogP contribution < -0.4 is 25.4 Å². The molecule has 5 heterocycles. The van der Waals surface area contributed by atoms with Gasteiger partial charge >= 0.3 is 6.01 Å². The molecular formula is C39H45N9O8. The molecule has 2 saturated heterocycles. The van der Waals surface area contributed by atoms with E-state index in [1.165, 1.54) is 18.2 Å². The third-order valence-electron chi connectivity index (χ3n) is 10.0. The molecule has 17 heteroatoms. The zero-order valence-corrected chi connectivity index (χ0v) is 31.4. The number of carbonyl (C=O) groups excluding carboxylic acids is 5. The molecule has 2 fully saturated rings. The fraction of sp³-hybridized carbons (Fsp3) is 0.436. The molecule has 0 saturated carbocycles. The first-order valence-corrected chi connectivity index (χ1v) is 18.9. The van der Waals surface area contributed by atoms with Crippen LogP contribution in [0, 0.1) is 0 Å². The highest BCUT2D eigenvalue weighted by molar-refractivity contribution is 6.24. The Morgan fingerprint density at radius 3 is 2.54 bits per heavy atom. The maximum absolute atomic E-state index is 13.2.